The monoisotopic (exact) mass is 520 g/mol. The molecule has 180 valence electrons. The normalized spacial score (nSPS) is 12.0. The van der Waals surface area contributed by atoms with Crippen molar-refractivity contribution in [2.75, 3.05) is 14.2 Å². The minimum absolute atomic E-state index is 0.000805. The van der Waals surface area contributed by atoms with Crippen molar-refractivity contribution in [3.8, 4) is 32.5 Å². The Labute approximate surface area is 206 Å². The van der Waals surface area contributed by atoms with Crippen molar-refractivity contribution in [2.45, 2.75) is 6.18 Å². The third-order valence-electron chi connectivity index (χ3n) is 4.86. The lowest BCUT2D eigenvalue weighted by atomic mass is 9.98. The van der Waals surface area contributed by atoms with Crippen LogP contribution in [-0.2, 0) is 20.4 Å². The Hall–Kier alpha value is -3.63. The molecule has 0 spiro atoms. The highest BCUT2D eigenvalue weighted by Gasteiger charge is 2.38. The summed E-state index contributed by atoms with van der Waals surface area (Å²) in [5.41, 5.74) is 0.643. The van der Waals surface area contributed by atoms with Crippen LogP contribution in [0.2, 0.25) is 5.02 Å². The van der Waals surface area contributed by atoms with Crippen LogP contribution in [0, 0.1) is 0 Å². The van der Waals surface area contributed by atoms with Gasteiger partial charge in [-0.3, -0.25) is 0 Å². The Morgan fingerprint density at radius 3 is 2.49 bits per heavy atom. The molecular formula is C24H16ClF3N2O4S. The number of carbonyl (C=O) groups excluding carboxylic acids is 1. The summed E-state index contributed by atoms with van der Waals surface area (Å²) in [6.45, 7) is 0. The van der Waals surface area contributed by atoms with E-state index in [1.54, 1.807) is 24.3 Å². The molecule has 0 amide bonds. The zero-order chi connectivity index (χ0) is 25.2. The zero-order valence-electron chi connectivity index (χ0n) is 18.2. The lowest BCUT2D eigenvalue weighted by molar-refractivity contribution is -0.140. The van der Waals surface area contributed by atoms with Crippen LogP contribution in [0.1, 0.15) is 11.3 Å². The van der Waals surface area contributed by atoms with Gasteiger partial charge >= 0.3 is 12.1 Å². The standard InChI is InChI=1S/C24H16ClF3N2O4S/c1-32-12-17(23(31)33-2)15-5-3-4-6-16(15)18-11-19(34-30-18)22-29-21(24(26,27)28)20(35-22)13-7-9-14(25)10-8-13/h3-12H,1-2H3/b17-12-. The van der Waals surface area contributed by atoms with E-state index in [2.05, 4.69) is 10.1 Å². The Balaban J connectivity index is 1.79. The van der Waals surface area contributed by atoms with Gasteiger partial charge in [-0.15, -0.1) is 11.3 Å². The first-order chi connectivity index (χ1) is 16.7. The molecule has 0 aliphatic rings. The van der Waals surface area contributed by atoms with Crippen molar-refractivity contribution in [1.29, 1.82) is 0 Å². The van der Waals surface area contributed by atoms with Crippen molar-refractivity contribution in [1.82, 2.24) is 10.1 Å². The van der Waals surface area contributed by atoms with Gasteiger partial charge in [0.05, 0.1) is 25.4 Å². The van der Waals surface area contributed by atoms with Crippen LogP contribution in [0.15, 0.2) is 65.4 Å². The Bertz CT molecular complexity index is 1390. The summed E-state index contributed by atoms with van der Waals surface area (Å²) in [6.07, 6.45) is -3.44. The maximum absolute atomic E-state index is 13.7. The fraction of sp³-hybridized carbons (Fsp3) is 0.125. The Kier molecular flexibility index (Phi) is 6.95. The fourth-order valence-corrected chi connectivity index (χ4v) is 4.47. The first kappa shape index (κ1) is 24.5. The predicted molar refractivity (Wildman–Crippen MR) is 125 cm³/mol. The molecule has 2 aromatic carbocycles. The summed E-state index contributed by atoms with van der Waals surface area (Å²) in [5, 5.41) is 4.41. The molecule has 0 saturated heterocycles. The van der Waals surface area contributed by atoms with Crippen molar-refractivity contribution < 1.29 is 32.0 Å². The molecule has 35 heavy (non-hydrogen) atoms. The van der Waals surface area contributed by atoms with Crippen molar-refractivity contribution in [3.05, 3.63) is 77.1 Å². The largest absolute Gasteiger partial charge is 0.503 e. The first-order valence-electron chi connectivity index (χ1n) is 9.95. The minimum atomic E-state index is -4.68. The highest BCUT2D eigenvalue weighted by Crippen LogP contribution is 2.44. The fourth-order valence-electron chi connectivity index (χ4n) is 3.31. The molecule has 0 atom stereocenters. The van der Waals surface area contributed by atoms with E-state index in [0.717, 1.165) is 11.3 Å². The van der Waals surface area contributed by atoms with Gasteiger partial charge in [0.1, 0.15) is 11.3 Å². The van der Waals surface area contributed by atoms with Gasteiger partial charge in [-0.2, -0.15) is 13.2 Å². The highest BCUT2D eigenvalue weighted by molar-refractivity contribution is 7.18. The number of hydrogen-bond donors (Lipinski definition) is 0. The average molecular weight is 521 g/mol. The van der Waals surface area contributed by atoms with Crippen molar-refractivity contribution in [3.63, 3.8) is 0 Å². The molecule has 2 aromatic heterocycles. The van der Waals surface area contributed by atoms with Crippen molar-refractivity contribution >= 4 is 34.5 Å². The summed E-state index contributed by atoms with van der Waals surface area (Å²) in [4.78, 5) is 16.0. The Morgan fingerprint density at radius 1 is 1.11 bits per heavy atom. The van der Waals surface area contributed by atoms with Gasteiger partial charge in [0.25, 0.3) is 0 Å². The molecule has 0 radical (unpaired) electrons. The number of methoxy groups -OCH3 is 2. The molecule has 4 aromatic rings. The average Bonchev–Trinajstić information content (AvgIpc) is 3.50. The third-order valence-corrected chi connectivity index (χ3v) is 6.23. The molecule has 0 bridgehead atoms. The number of esters is 1. The number of rotatable bonds is 6. The summed E-state index contributed by atoms with van der Waals surface area (Å²) in [6, 6.07) is 14.2. The van der Waals surface area contributed by atoms with Gasteiger partial charge in [-0.05, 0) is 17.7 Å². The third kappa shape index (κ3) is 5.08. The van der Waals surface area contributed by atoms with E-state index in [1.807, 2.05) is 0 Å². The number of ether oxygens (including phenoxy) is 2. The van der Waals surface area contributed by atoms with Crippen LogP contribution in [0.5, 0.6) is 0 Å². The number of hydrogen-bond acceptors (Lipinski definition) is 7. The first-order valence-corrected chi connectivity index (χ1v) is 11.1. The minimum Gasteiger partial charge on any atom is -0.503 e. The summed E-state index contributed by atoms with van der Waals surface area (Å²) >= 11 is 6.70. The molecule has 6 nitrogen and oxygen atoms in total. The molecule has 11 heteroatoms. The quantitative estimate of drug-likeness (QED) is 0.155. The topological polar surface area (TPSA) is 74.5 Å². The number of alkyl halides is 3. The smallest absolute Gasteiger partial charge is 0.434 e. The molecule has 0 aliphatic carbocycles. The second-order valence-corrected chi connectivity index (χ2v) is 8.52. The zero-order valence-corrected chi connectivity index (χ0v) is 19.8. The van der Waals surface area contributed by atoms with E-state index in [-0.39, 0.29) is 21.2 Å². The van der Waals surface area contributed by atoms with Gasteiger partial charge in [0, 0.05) is 22.2 Å². The molecule has 2 heterocycles. The van der Waals surface area contributed by atoms with Gasteiger partial charge in [-0.1, -0.05) is 53.2 Å². The second-order valence-electron chi connectivity index (χ2n) is 7.08. The molecule has 0 saturated carbocycles. The van der Waals surface area contributed by atoms with E-state index in [4.69, 9.17) is 25.6 Å². The van der Waals surface area contributed by atoms with Crippen LogP contribution in [0.25, 0.3) is 38.0 Å². The van der Waals surface area contributed by atoms with Crippen LogP contribution in [0.4, 0.5) is 13.2 Å². The molecular weight excluding hydrogens is 505 g/mol. The summed E-state index contributed by atoms with van der Waals surface area (Å²) in [7, 11) is 2.63. The number of thiazole rings is 1. The van der Waals surface area contributed by atoms with E-state index in [0.29, 0.717) is 27.4 Å². The summed E-state index contributed by atoms with van der Waals surface area (Å²) in [5.74, 6) is -0.591. The lowest BCUT2D eigenvalue weighted by Gasteiger charge is -2.09. The van der Waals surface area contributed by atoms with E-state index < -0.39 is 17.8 Å². The summed E-state index contributed by atoms with van der Waals surface area (Å²) < 4.78 is 56.4. The van der Waals surface area contributed by atoms with Crippen LogP contribution in [0.3, 0.4) is 0 Å². The SMILES string of the molecule is CO/C=C(\C(=O)OC)c1ccccc1-c1cc(-c2nc(C(F)(F)F)c(-c3ccc(Cl)cc3)s2)on1. The number of nitrogens with zero attached hydrogens (tertiary/aromatic N) is 2. The Morgan fingerprint density at radius 2 is 1.83 bits per heavy atom. The van der Waals surface area contributed by atoms with Gasteiger partial charge in [0.15, 0.2) is 16.5 Å². The second kappa shape index (κ2) is 9.93. The molecule has 0 aliphatic heterocycles. The predicted octanol–water partition coefficient (Wildman–Crippen LogP) is 6.96. The number of aromatic nitrogens is 2. The van der Waals surface area contributed by atoms with Crippen LogP contribution in [-0.4, -0.2) is 30.3 Å². The lowest BCUT2D eigenvalue weighted by Crippen LogP contribution is -2.07. The van der Waals surface area contributed by atoms with Crippen LogP contribution < -0.4 is 0 Å². The number of benzene rings is 2. The van der Waals surface area contributed by atoms with Crippen LogP contribution >= 0.6 is 22.9 Å². The van der Waals surface area contributed by atoms with Gasteiger partial charge in [-0.25, -0.2) is 9.78 Å². The number of halogens is 4. The van der Waals surface area contributed by atoms with Crippen molar-refractivity contribution in [2.24, 2.45) is 0 Å². The highest BCUT2D eigenvalue weighted by atomic mass is 35.5. The maximum atomic E-state index is 13.7. The van der Waals surface area contributed by atoms with Gasteiger partial charge < -0.3 is 14.0 Å². The maximum Gasteiger partial charge on any atom is 0.434 e. The molecule has 0 unspecified atom stereocenters. The van der Waals surface area contributed by atoms with E-state index in [1.165, 1.54) is 50.8 Å². The number of carbonyl (C=O) groups is 1. The molecule has 0 N–H and O–H groups in total. The van der Waals surface area contributed by atoms with E-state index in [9.17, 15) is 18.0 Å². The molecule has 0 fully saturated rings. The van der Waals surface area contributed by atoms with Gasteiger partial charge in [0.2, 0.25) is 0 Å². The molecule has 4 rings (SSSR count). The van der Waals surface area contributed by atoms with E-state index >= 15 is 0 Å².